The zero-order valence-corrected chi connectivity index (χ0v) is 19.9. The minimum absolute atomic E-state index is 0.0185. The van der Waals surface area contributed by atoms with Gasteiger partial charge in [0.1, 0.15) is 5.82 Å². The molecule has 178 valence electrons. The number of anilines is 1. The monoisotopic (exact) mass is 474 g/mol. The van der Waals surface area contributed by atoms with Crippen molar-refractivity contribution in [2.45, 2.75) is 56.8 Å². The van der Waals surface area contributed by atoms with Gasteiger partial charge in [-0.2, -0.15) is 0 Å². The summed E-state index contributed by atoms with van der Waals surface area (Å²) in [4.78, 5) is 14.4. The molecular formula is C25H31FN2O4S. The normalized spacial score (nSPS) is 19.9. The molecule has 0 aliphatic heterocycles. The van der Waals surface area contributed by atoms with Crippen molar-refractivity contribution in [2.75, 3.05) is 24.4 Å². The fourth-order valence-corrected chi connectivity index (χ4v) is 6.39. The number of nitrogens with one attached hydrogen (secondary N) is 1. The van der Waals surface area contributed by atoms with Crippen molar-refractivity contribution >= 4 is 21.7 Å². The Morgan fingerprint density at radius 2 is 1.88 bits per heavy atom. The maximum Gasteiger partial charge on any atom is 0.338 e. The second-order valence-electron chi connectivity index (χ2n) is 9.01. The van der Waals surface area contributed by atoms with Crippen molar-refractivity contribution in [1.29, 1.82) is 0 Å². The largest absolute Gasteiger partial charge is 0.478 e. The number of hydrogen-bond donors (Lipinski definition) is 2. The summed E-state index contributed by atoms with van der Waals surface area (Å²) in [5.41, 5.74) is 2.21. The molecule has 0 unspecified atom stereocenters. The number of nitrogens with zero attached hydrogens (tertiary/aromatic N) is 1. The molecule has 6 nitrogen and oxygen atoms in total. The van der Waals surface area contributed by atoms with E-state index in [1.54, 1.807) is 0 Å². The molecule has 0 aromatic heterocycles. The molecule has 0 bridgehead atoms. The average molecular weight is 475 g/mol. The predicted molar refractivity (Wildman–Crippen MR) is 126 cm³/mol. The fourth-order valence-electron chi connectivity index (χ4n) is 5.05. The standard InChI is InChI=1S/C25H31FN2O4S/c1-3-28(4-2)15-17-13-20(17)21-14-18(26)10-12-23(21)33(31,32)27-22-11-9-16-7-5-6-8-19(16)24(22)25(29)30/h9-12,14,17,20,27H,3-8,13,15H2,1-2H3,(H,29,30)/t17-,20-/m0/s1. The van der Waals surface area contributed by atoms with Crippen molar-refractivity contribution in [3.05, 3.63) is 58.4 Å². The lowest BCUT2D eigenvalue weighted by molar-refractivity contribution is 0.0696. The first-order valence-electron chi connectivity index (χ1n) is 11.7. The number of aryl methyl sites for hydroxylation is 1. The maximum atomic E-state index is 14.1. The molecule has 2 aromatic carbocycles. The molecule has 33 heavy (non-hydrogen) atoms. The minimum atomic E-state index is -4.10. The van der Waals surface area contributed by atoms with Crippen LogP contribution >= 0.6 is 0 Å². The molecule has 0 radical (unpaired) electrons. The van der Waals surface area contributed by atoms with Gasteiger partial charge >= 0.3 is 5.97 Å². The van der Waals surface area contributed by atoms with Gasteiger partial charge in [-0.25, -0.2) is 17.6 Å². The number of carboxylic acid groups (broad SMARTS) is 1. The third-order valence-electron chi connectivity index (χ3n) is 6.96. The second kappa shape index (κ2) is 9.43. The number of hydrogen-bond acceptors (Lipinski definition) is 4. The summed E-state index contributed by atoms with van der Waals surface area (Å²) in [5, 5.41) is 9.85. The number of benzene rings is 2. The molecule has 8 heteroatoms. The van der Waals surface area contributed by atoms with Crippen LogP contribution in [0.25, 0.3) is 0 Å². The summed E-state index contributed by atoms with van der Waals surface area (Å²) in [5.74, 6) is -1.38. The van der Waals surface area contributed by atoms with Gasteiger partial charge in [-0.15, -0.1) is 0 Å². The van der Waals surface area contributed by atoms with E-state index >= 15 is 0 Å². The van der Waals surface area contributed by atoms with E-state index in [2.05, 4.69) is 23.5 Å². The molecule has 1 saturated carbocycles. The Morgan fingerprint density at radius 3 is 2.58 bits per heavy atom. The van der Waals surface area contributed by atoms with Gasteiger partial charge in [0, 0.05) is 6.54 Å². The molecule has 2 aliphatic carbocycles. The summed E-state index contributed by atoms with van der Waals surface area (Å²) in [6.45, 7) is 6.83. The van der Waals surface area contributed by atoms with Crippen LogP contribution in [0, 0.1) is 11.7 Å². The van der Waals surface area contributed by atoms with Crippen molar-refractivity contribution in [3.63, 3.8) is 0 Å². The van der Waals surface area contributed by atoms with Crippen LogP contribution in [0.5, 0.6) is 0 Å². The van der Waals surface area contributed by atoms with Crippen LogP contribution in [0.4, 0.5) is 10.1 Å². The minimum Gasteiger partial charge on any atom is -0.478 e. The van der Waals surface area contributed by atoms with Crippen LogP contribution < -0.4 is 4.72 Å². The van der Waals surface area contributed by atoms with Crippen molar-refractivity contribution < 1.29 is 22.7 Å². The molecule has 0 heterocycles. The van der Waals surface area contributed by atoms with E-state index in [4.69, 9.17) is 0 Å². The summed E-state index contributed by atoms with van der Waals surface area (Å²) in [6.07, 6.45) is 4.08. The molecule has 1 fully saturated rings. The van der Waals surface area contributed by atoms with Gasteiger partial charge in [-0.05, 0) is 98.0 Å². The zero-order valence-electron chi connectivity index (χ0n) is 19.1. The summed E-state index contributed by atoms with van der Waals surface area (Å²) in [7, 11) is -4.10. The highest BCUT2D eigenvalue weighted by Crippen LogP contribution is 2.50. The van der Waals surface area contributed by atoms with E-state index in [9.17, 15) is 22.7 Å². The highest BCUT2D eigenvalue weighted by molar-refractivity contribution is 7.92. The first-order chi connectivity index (χ1) is 15.7. The molecule has 2 aromatic rings. The van der Waals surface area contributed by atoms with Crippen LogP contribution in [0.15, 0.2) is 35.2 Å². The van der Waals surface area contributed by atoms with Crippen molar-refractivity contribution in [2.24, 2.45) is 5.92 Å². The summed E-state index contributed by atoms with van der Waals surface area (Å²) < 4.78 is 43.5. The van der Waals surface area contributed by atoms with Gasteiger partial charge in [0.15, 0.2) is 0 Å². The van der Waals surface area contributed by atoms with E-state index in [1.807, 2.05) is 6.07 Å². The number of carbonyl (C=O) groups is 1. The lowest BCUT2D eigenvalue weighted by Crippen LogP contribution is -2.25. The summed E-state index contributed by atoms with van der Waals surface area (Å²) >= 11 is 0. The topological polar surface area (TPSA) is 86.7 Å². The Labute approximate surface area is 194 Å². The highest BCUT2D eigenvalue weighted by Gasteiger charge is 2.42. The molecular weight excluding hydrogens is 443 g/mol. The lowest BCUT2D eigenvalue weighted by Gasteiger charge is -2.21. The van der Waals surface area contributed by atoms with Crippen LogP contribution in [0.3, 0.4) is 0 Å². The average Bonchev–Trinajstić information content (AvgIpc) is 3.55. The third-order valence-corrected chi connectivity index (χ3v) is 8.40. The zero-order chi connectivity index (χ0) is 23.8. The lowest BCUT2D eigenvalue weighted by atomic mass is 9.87. The van der Waals surface area contributed by atoms with Crippen LogP contribution in [0.2, 0.25) is 0 Å². The smallest absolute Gasteiger partial charge is 0.338 e. The predicted octanol–water partition coefficient (Wildman–Crippen LogP) is 4.65. The number of sulfonamides is 1. The van der Waals surface area contributed by atoms with Gasteiger partial charge in [0.25, 0.3) is 10.0 Å². The molecule has 2 aliphatic rings. The van der Waals surface area contributed by atoms with Crippen LogP contribution in [0.1, 0.15) is 66.1 Å². The first kappa shape index (κ1) is 23.7. The Kier molecular flexibility index (Phi) is 6.77. The third kappa shape index (κ3) is 4.92. The van der Waals surface area contributed by atoms with Crippen LogP contribution in [-0.2, 0) is 22.9 Å². The van der Waals surface area contributed by atoms with E-state index in [1.165, 1.54) is 18.2 Å². The molecule has 0 amide bonds. The van der Waals surface area contributed by atoms with E-state index < -0.39 is 21.8 Å². The highest BCUT2D eigenvalue weighted by atomic mass is 32.2. The van der Waals surface area contributed by atoms with Gasteiger partial charge < -0.3 is 10.0 Å². The fraction of sp³-hybridized carbons (Fsp3) is 0.480. The Morgan fingerprint density at radius 1 is 1.15 bits per heavy atom. The molecule has 0 saturated heterocycles. The molecule has 2 atom stereocenters. The van der Waals surface area contributed by atoms with Gasteiger partial charge in [0.05, 0.1) is 16.1 Å². The van der Waals surface area contributed by atoms with Crippen molar-refractivity contribution in [1.82, 2.24) is 4.90 Å². The number of carboxylic acids is 1. The molecule has 4 rings (SSSR count). The Bertz CT molecular complexity index is 1160. The maximum absolute atomic E-state index is 14.1. The number of rotatable bonds is 9. The second-order valence-corrected chi connectivity index (χ2v) is 10.7. The number of fused-ring (bicyclic) bond motifs is 1. The number of aromatic carboxylic acids is 1. The molecule has 0 spiro atoms. The SMILES string of the molecule is CCN(CC)C[C@@H]1C[C@@H]1c1cc(F)ccc1S(=O)(=O)Nc1ccc2c(c1C(=O)O)CCCC2. The Hall–Kier alpha value is -2.45. The first-order valence-corrected chi connectivity index (χ1v) is 13.2. The number of halogens is 1. The quantitative estimate of drug-likeness (QED) is 0.553. The van der Waals surface area contributed by atoms with E-state index in [0.29, 0.717) is 17.5 Å². The van der Waals surface area contributed by atoms with Gasteiger partial charge in [0.2, 0.25) is 0 Å². The van der Waals surface area contributed by atoms with Crippen LogP contribution in [-0.4, -0.2) is 44.0 Å². The van der Waals surface area contributed by atoms with Gasteiger partial charge in [-0.1, -0.05) is 19.9 Å². The van der Waals surface area contributed by atoms with E-state index in [0.717, 1.165) is 56.9 Å². The molecule has 2 N–H and O–H groups in total. The van der Waals surface area contributed by atoms with Gasteiger partial charge in [-0.3, -0.25) is 4.72 Å². The summed E-state index contributed by atoms with van der Waals surface area (Å²) in [6, 6.07) is 7.09. The Balaban J connectivity index is 1.66. The van der Waals surface area contributed by atoms with E-state index in [-0.39, 0.29) is 28.0 Å². The van der Waals surface area contributed by atoms with Crippen molar-refractivity contribution in [3.8, 4) is 0 Å².